The van der Waals surface area contributed by atoms with E-state index in [1.165, 1.54) is 10.5 Å². The Balaban J connectivity index is 2.16. The second-order valence-electron chi connectivity index (χ2n) is 3.87. The quantitative estimate of drug-likeness (QED) is 0.876. The third-order valence-electron chi connectivity index (χ3n) is 2.45. The van der Waals surface area contributed by atoms with Crippen molar-refractivity contribution in [3.63, 3.8) is 0 Å². The van der Waals surface area contributed by atoms with Crippen LogP contribution in [0.15, 0.2) is 54.4 Å². The number of hydrogen-bond donors (Lipinski definition) is 1. The summed E-state index contributed by atoms with van der Waals surface area (Å²) >= 11 is 0. The van der Waals surface area contributed by atoms with E-state index in [1.54, 1.807) is 24.3 Å². The third kappa shape index (κ3) is 2.88. The van der Waals surface area contributed by atoms with E-state index in [2.05, 4.69) is 0 Å². The van der Waals surface area contributed by atoms with Crippen molar-refractivity contribution in [2.75, 3.05) is 6.54 Å². The smallest absolute Gasteiger partial charge is 0.239 e. The zero-order chi connectivity index (χ0) is 12.3. The summed E-state index contributed by atoms with van der Waals surface area (Å²) in [5, 5.41) is 0. The fourth-order valence-electron chi connectivity index (χ4n) is 1.61. The van der Waals surface area contributed by atoms with E-state index in [0.717, 1.165) is 5.56 Å². The van der Waals surface area contributed by atoms with Crippen molar-refractivity contribution in [3.8, 4) is 0 Å². The molecule has 0 radical (unpaired) electrons. The predicted octanol–water partition coefficient (Wildman–Crippen LogP) is 1.19. The Morgan fingerprint density at radius 1 is 1.24 bits per heavy atom. The zero-order valence-corrected chi connectivity index (χ0v) is 10.1. The van der Waals surface area contributed by atoms with Gasteiger partial charge in [-0.1, -0.05) is 30.3 Å². The van der Waals surface area contributed by atoms with E-state index >= 15 is 0 Å². The maximum atomic E-state index is 12.1. The standard InChI is InChI=1S/C12H14N2O2S/c13-12-7-4-8-14(9-12)17(15,16)10-11-5-2-1-3-6-11/h1-8H,9-10,13H2. The van der Waals surface area contributed by atoms with Gasteiger partial charge in [0.05, 0.1) is 12.3 Å². The van der Waals surface area contributed by atoms with E-state index in [-0.39, 0.29) is 12.3 Å². The van der Waals surface area contributed by atoms with E-state index in [1.807, 2.05) is 18.2 Å². The van der Waals surface area contributed by atoms with Crippen LogP contribution in [-0.2, 0) is 15.8 Å². The highest BCUT2D eigenvalue weighted by Gasteiger charge is 2.20. The van der Waals surface area contributed by atoms with Crippen molar-refractivity contribution >= 4 is 10.0 Å². The zero-order valence-electron chi connectivity index (χ0n) is 9.28. The Kier molecular flexibility index (Phi) is 3.19. The second-order valence-corrected chi connectivity index (χ2v) is 5.79. The molecule has 0 unspecified atom stereocenters. The Labute approximate surface area is 101 Å². The minimum Gasteiger partial charge on any atom is -0.401 e. The number of rotatable bonds is 3. The highest BCUT2D eigenvalue weighted by molar-refractivity contribution is 7.88. The first-order valence-corrected chi connectivity index (χ1v) is 6.85. The first kappa shape index (κ1) is 11.7. The lowest BCUT2D eigenvalue weighted by Crippen LogP contribution is -2.32. The van der Waals surface area contributed by atoms with E-state index in [0.29, 0.717) is 5.70 Å². The molecule has 0 bridgehead atoms. The van der Waals surface area contributed by atoms with E-state index < -0.39 is 10.0 Å². The van der Waals surface area contributed by atoms with Gasteiger partial charge >= 0.3 is 0 Å². The number of benzene rings is 1. The van der Waals surface area contributed by atoms with Gasteiger partial charge < -0.3 is 5.73 Å². The number of nitrogens with two attached hydrogens (primary N) is 1. The molecule has 17 heavy (non-hydrogen) atoms. The van der Waals surface area contributed by atoms with Crippen LogP contribution in [0.1, 0.15) is 5.56 Å². The molecule has 0 atom stereocenters. The highest BCUT2D eigenvalue weighted by Crippen LogP contribution is 2.14. The average molecular weight is 250 g/mol. The second kappa shape index (κ2) is 4.63. The molecule has 0 aliphatic carbocycles. The molecule has 1 aliphatic heterocycles. The lowest BCUT2D eigenvalue weighted by Gasteiger charge is -2.22. The summed E-state index contributed by atoms with van der Waals surface area (Å²) in [6.07, 6.45) is 4.88. The maximum absolute atomic E-state index is 12.1. The van der Waals surface area contributed by atoms with Crippen molar-refractivity contribution in [2.24, 2.45) is 5.73 Å². The highest BCUT2D eigenvalue weighted by atomic mass is 32.2. The van der Waals surface area contributed by atoms with Crippen LogP contribution in [0.2, 0.25) is 0 Å². The molecule has 4 nitrogen and oxygen atoms in total. The number of allylic oxidation sites excluding steroid dienone is 2. The maximum Gasteiger partial charge on any atom is 0.239 e. The molecule has 0 saturated heterocycles. The summed E-state index contributed by atoms with van der Waals surface area (Å²) in [7, 11) is -3.34. The normalized spacial score (nSPS) is 15.8. The first-order valence-electron chi connectivity index (χ1n) is 5.24. The predicted molar refractivity (Wildman–Crippen MR) is 67.2 cm³/mol. The molecule has 1 heterocycles. The Hall–Kier alpha value is -1.75. The van der Waals surface area contributed by atoms with Gasteiger partial charge in [0, 0.05) is 11.9 Å². The molecule has 1 aromatic rings. The van der Waals surface area contributed by atoms with Crippen LogP contribution in [0.4, 0.5) is 0 Å². The minimum absolute atomic E-state index is 0.00847. The SMILES string of the molecule is NC1=CC=CN(S(=O)(=O)Cc2ccccc2)C1. The van der Waals surface area contributed by atoms with Crippen molar-refractivity contribution in [1.29, 1.82) is 0 Å². The summed E-state index contributed by atoms with van der Waals surface area (Å²) < 4.78 is 25.5. The summed E-state index contributed by atoms with van der Waals surface area (Å²) in [4.78, 5) is 0. The van der Waals surface area contributed by atoms with Crippen LogP contribution in [-0.4, -0.2) is 19.3 Å². The average Bonchev–Trinajstić information content (AvgIpc) is 2.30. The monoisotopic (exact) mass is 250 g/mol. The van der Waals surface area contributed by atoms with Gasteiger partial charge in [-0.3, -0.25) is 4.31 Å². The van der Waals surface area contributed by atoms with Crippen LogP contribution in [0.5, 0.6) is 0 Å². The van der Waals surface area contributed by atoms with Gasteiger partial charge in [-0.15, -0.1) is 0 Å². The minimum atomic E-state index is -3.34. The molecule has 2 rings (SSSR count). The van der Waals surface area contributed by atoms with Crippen molar-refractivity contribution in [2.45, 2.75) is 5.75 Å². The van der Waals surface area contributed by atoms with Gasteiger partial charge in [-0.2, -0.15) is 0 Å². The Bertz CT molecular complexity index is 547. The molecule has 0 spiro atoms. The fraction of sp³-hybridized carbons (Fsp3) is 0.167. The van der Waals surface area contributed by atoms with Gasteiger partial charge in [0.25, 0.3) is 0 Å². The summed E-state index contributed by atoms with van der Waals surface area (Å²) in [6, 6.07) is 9.10. The van der Waals surface area contributed by atoms with Gasteiger partial charge in [0.2, 0.25) is 10.0 Å². The van der Waals surface area contributed by atoms with Gasteiger partial charge in [0.1, 0.15) is 0 Å². The van der Waals surface area contributed by atoms with E-state index in [4.69, 9.17) is 5.73 Å². The van der Waals surface area contributed by atoms with Gasteiger partial charge in [-0.25, -0.2) is 8.42 Å². The van der Waals surface area contributed by atoms with Crippen LogP contribution in [0.25, 0.3) is 0 Å². The largest absolute Gasteiger partial charge is 0.401 e. The van der Waals surface area contributed by atoms with Gasteiger partial charge in [0.15, 0.2) is 0 Å². The molecule has 1 aromatic carbocycles. The lowest BCUT2D eigenvalue weighted by molar-refractivity contribution is 0.512. The molecule has 0 saturated carbocycles. The molecule has 90 valence electrons. The molecular weight excluding hydrogens is 236 g/mol. The molecule has 0 fully saturated rings. The van der Waals surface area contributed by atoms with Crippen LogP contribution >= 0.6 is 0 Å². The van der Waals surface area contributed by atoms with Crippen LogP contribution < -0.4 is 5.73 Å². The van der Waals surface area contributed by atoms with Crippen LogP contribution in [0, 0.1) is 0 Å². The van der Waals surface area contributed by atoms with Crippen LogP contribution in [0.3, 0.4) is 0 Å². The third-order valence-corrected chi connectivity index (χ3v) is 4.11. The summed E-state index contributed by atoms with van der Waals surface area (Å²) in [6.45, 7) is 0.228. The molecular formula is C12H14N2O2S. The topological polar surface area (TPSA) is 63.4 Å². The number of sulfonamides is 1. The van der Waals surface area contributed by atoms with Crippen molar-refractivity contribution < 1.29 is 8.42 Å². The van der Waals surface area contributed by atoms with Crippen molar-refractivity contribution in [3.05, 3.63) is 59.9 Å². The van der Waals surface area contributed by atoms with E-state index in [9.17, 15) is 8.42 Å². The molecule has 1 aliphatic rings. The first-order chi connectivity index (χ1) is 8.08. The molecule has 2 N–H and O–H groups in total. The Morgan fingerprint density at radius 3 is 2.59 bits per heavy atom. The fourth-order valence-corrected chi connectivity index (χ4v) is 2.99. The Morgan fingerprint density at radius 2 is 1.94 bits per heavy atom. The molecule has 0 aromatic heterocycles. The van der Waals surface area contributed by atoms with Gasteiger partial charge in [-0.05, 0) is 17.7 Å². The van der Waals surface area contributed by atoms with Crippen molar-refractivity contribution in [1.82, 2.24) is 4.31 Å². The summed E-state index contributed by atoms with van der Waals surface area (Å²) in [5.41, 5.74) is 6.94. The summed E-state index contributed by atoms with van der Waals surface area (Å²) in [5.74, 6) is -0.00847. The molecule has 0 amide bonds. The number of hydrogen-bond acceptors (Lipinski definition) is 3. The number of nitrogens with zero attached hydrogens (tertiary/aromatic N) is 1. The molecule has 5 heteroatoms. The lowest BCUT2D eigenvalue weighted by atomic mass is 10.2.